The monoisotopic (exact) mass is 437 g/mol. The Kier molecular flexibility index (Phi) is 3.97. The molecule has 0 saturated carbocycles. The van der Waals surface area contributed by atoms with Crippen molar-refractivity contribution in [2.75, 3.05) is 0 Å². The van der Waals surface area contributed by atoms with Gasteiger partial charge >= 0.3 is 0 Å². The van der Waals surface area contributed by atoms with Gasteiger partial charge in [0.15, 0.2) is 11.5 Å². The van der Waals surface area contributed by atoms with Crippen molar-refractivity contribution in [3.8, 4) is 22.8 Å². The van der Waals surface area contributed by atoms with Gasteiger partial charge in [-0.3, -0.25) is 14.5 Å². The smallest absolute Gasteiger partial charge is 0.265 e. The summed E-state index contributed by atoms with van der Waals surface area (Å²) in [6.07, 6.45) is 2.66. The number of furan rings is 1. The predicted octanol–water partition coefficient (Wildman–Crippen LogP) is 4.25. The second kappa shape index (κ2) is 6.89. The molecular formula is C25H15N3O5. The fraction of sp³-hybridized carbons (Fsp3) is 0.0400. The van der Waals surface area contributed by atoms with Crippen molar-refractivity contribution < 1.29 is 24.2 Å². The van der Waals surface area contributed by atoms with Crippen LogP contribution in [0.3, 0.4) is 0 Å². The molecule has 8 heteroatoms. The highest BCUT2D eigenvalue weighted by atomic mass is 16.3. The summed E-state index contributed by atoms with van der Waals surface area (Å²) >= 11 is 0. The molecule has 2 amide bonds. The molecule has 0 bridgehead atoms. The molecule has 0 saturated heterocycles. The lowest BCUT2D eigenvalue weighted by molar-refractivity contribution is 0.0641. The molecule has 1 aliphatic heterocycles. The summed E-state index contributed by atoms with van der Waals surface area (Å²) < 4.78 is 5.88. The highest BCUT2D eigenvalue weighted by molar-refractivity contribution is 6.26. The van der Waals surface area contributed by atoms with Crippen molar-refractivity contribution in [2.45, 2.75) is 6.54 Å². The Balaban J connectivity index is 1.32. The van der Waals surface area contributed by atoms with Crippen molar-refractivity contribution >= 4 is 33.8 Å². The Morgan fingerprint density at radius 3 is 2.03 bits per heavy atom. The van der Waals surface area contributed by atoms with E-state index in [9.17, 15) is 19.8 Å². The van der Waals surface area contributed by atoms with Crippen LogP contribution in [0.2, 0.25) is 0 Å². The molecule has 2 N–H and O–H groups in total. The molecule has 0 atom stereocenters. The third kappa shape index (κ3) is 2.77. The molecule has 2 aromatic heterocycles. The van der Waals surface area contributed by atoms with Crippen molar-refractivity contribution in [2.24, 2.45) is 0 Å². The van der Waals surface area contributed by atoms with Crippen LogP contribution in [-0.4, -0.2) is 36.9 Å². The minimum atomic E-state index is -0.697. The SMILES string of the molecule is O=C1c2c(c(O)c3nccnc3c2O)C(=O)N1Cc1ccc(-c2cc3ccccc3o2)cc1. The summed E-state index contributed by atoms with van der Waals surface area (Å²) in [5, 5.41) is 22.1. The zero-order chi connectivity index (χ0) is 22.7. The molecule has 6 rings (SSSR count). The number of phenols is 2. The van der Waals surface area contributed by atoms with Crippen LogP contribution in [0.4, 0.5) is 0 Å². The number of benzene rings is 3. The maximum absolute atomic E-state index is 13.0. The average Bonchev–Trinajstić information content (AvgIpc) is 3.38. The number of imide groups is 1. The third-order valence-electron chi connectivity index (χ3n) is 5.79. The van der Waals surface area contributed by atoms with E-state index < -0.39 is 23.3 Å². The maximum Gasteiger partial charge on any atom is 0.265 e. The van der Waals surface area contributed by atoms with E-state index in [0.29, 0.717) is 11.3 Å². The molecule has 0 unspecified atom stereocenters. The predicted molar refractivity (Wildman–Crippen MR) is 119 cm³/mol. The summed E-state index contributed by atoms with van der Waals surface area (Å²) in [5.74, 6) is -1.61. The van der Waals surface area contributed by atoms with Crippen LogP contribution in [0.15, 0.2) is 71.4 Å². The summed E-state index contributed by atoms with van der Waals surface area (Å²) in [4.78, 5) is 34.9. The van der Waals surface area contributed by atoms with Crippen molar-refractivity contribution in [3.05, 3.63) is 83.7 Å². The van der Waals surface area contributed by atoms with Crippen LogP contribution in [0.25, 0.3) is 33.3 Å². The van der Waals surface area contributed by atoms with E-state index in [1.54, 1.807) is 12.1 Å². The minimum Gasteiger partial charge on any atom is -0.505 e. The summed E-state index contributed by atoms with van der Waals surface area (Å²) in [6.45, 7) is -0.0250. The molecule has 33 heavy (non-hydrogen) atoms. The highest BCUT2D eigenvalue weighted by Gasteiger charge is 2.42. The van der Waals surface area contributed by atoms with Gasteiger partial charge in [0.25, 0.3) is 11.8 Å². The number of hydrogen-bond donors (Lipinski definition) is 2. The first-order valence-corrected chi connectivity index (χ1v) is 10.2. The molecule has 160 valence electrons. The van der Waals surface area contributed by atoms with E-state index in [1.807, 2.05) is 42.5 Å². The first-order valence-electron chi connectivity index (χ1n) is 10.2. The van der Waals surface area contributed by atoms with Crippen LogP contribution in [0.1, 0.15) is 26.3 Å². The lowest BCUT2D eigenvalue weighted by Crippen LogP contribution is -2.29. The van der Waals surface area contributed by atoms with E-state index in [1.165, 1.54) is 12.4 Å². The molecule has 8 nitrogen and oxygen atoms in total. The first-order chi connectivity index (χ1) is 16.0. The summed E-state index contributed by atoms with van der Waals surface area (Å²) in [6, 6.07) is 17.0. The van der Waals surface area contributed by atoms with Crippen LogP contribution < -0.4 is 0 Å². The first kappa shape index (κ1) is 19.0. The van der Waals surface area contributed by atoms with Gasteiger partial charge in [-0.2, -0.15) is 0 Å². The fourth-order valence-corrected chi connectivity index (χ4v) is 4.16. The van der Waals surface area contributed by atoms with Gasteiger partial charge in [-0.05, 0) is 17.7 Å². The van der Waals surface area contributed by atoms with Gasteiger partial charge in [0.2, 0.25) is 0 Å². The number of carbonyl (C=O) groups is 2. The summed E-state index contributed by atoms with van der Waals surface area (Å²) in [5.41, 5.74) is 1.76. The number of fused-ring (bicyclic) bond motifs is 3. The third-order valence-corrected chi connectivity index (χ3v) is 5.79. The lowest BCUT2D eigenvalue weighted by atomic mass is 10.1. The zero-order valence-electron chi connectivity index (χ0n) is 17.0. The number of aromatic hydroxyl groups is 2. The maximum atomic E-state index is 13.0. The number of carbonyl (C=O) groups excluding carboxylic acids is 2. The van der Waals surface area contributed by atoms with E-state index in [0.717, 1.165) is 21.4 Å². The Hall–Kier alpha value is -4.72. The number of amides is 2. The van der Waals surface area contributed by atoms with Crippen LogP contribution >= 0.6 is 0 Å². The second-order valence-electron chi connectivity index (χ2n) is 7.74. The Labute approximate surface area is 186 Å². The van der Waals surface area contributed by atoms with Crippen molar-refractivity contribution in [1.82, 2.24) is 14.9 Å². The van der Waals surface area contributed by atoms with Gasteiger partial charge in [0.1, 0.15) is 33.5 Å². The molecule has 0 radical (unpaired) electrons. The van der Waals surface area contributed by atoms with E-state index in [4.69, 9.17) is 4.42 Å². The number of rotatable bonds is 3. The number of aromatic nitrogens is 2. The Morgan fingerprint density at radius 1 is 0.818 bits per heavy atom. The van der Waals surface area contributed by atoms with Gasteiger partial charge in [0.05, 0.1) is 6.54 Å². The summed E-state index contributed by atoms with van der Waals surface area (Å²) in [7, 11) is 0. The number of para-hydroxylation sites is 1. The minimum absolute atomic E-state index is 0.0250. The average molecular weight is 437 g/mol. The van der Waals surface area contributed by atoms with E-state index in [-0.39, 0.29) is 28.7 Å². The van der Waals surface area contributed by atoms with Crippen molar-refractivity contribution in [3.63, 3.8) is 0 Å². The quantitative estimate of drug-likeness (QED) is 0.320. The van der Waals surface area contributed by atoms with Gasteiger partial charge < -0.3 is 14.6 Å². The highest BCUT2D eigenvalue weighted by Crippen LogP contribution is 2.42. The molecule has 3 heterocycles. The second-order valence-corrected chi connectivity index (χ2v) is 7.74. The van der Waals surface area contributed by atoms with Crippen LogP contribution in [0.5, 0.6) is 11.5 Å². The molecule has 5 aromatic rings. The lowest BCUT2D eigenvalue weighted by Gasteiger charge is -2.14. The van der Waals surface area contributed by atoms with Gasteiger partial charge in [-0.1, -0.05) is 42.5 Å². The number of phenolic OH excluding ortho intramolecular Hbond substituents is 2. The normalized spacial score (nSPS) is 13.3. The number of nitrogens with zero attached hydrogens (tertiary/aromatic N) is 3. The molecule has 1 aliphatic rings. The molecular weight excluding hydrogens is 422 g/mol. The molecule has 0 aliphatic carbocycles. The van der Waals surface area contributed by atoms with Crippen LogP contribution in [0, 0.1) is 0 Å². The molecule has 0 fully saturated rings. The van der Waals surface area contributed by atoms with E-state index in [2.05, 4.69) is 9.97 Å². The zero-order valence-corrected chi connectivity index (χ0v) is 17.0. The molecule has 3 aromatic carbocycles. The van der Waals surface area contributed by atoms with Crippen LogP contribution in [-0.2, 0) is 6.54 Å². The largest absolute Gasteiger partial charge is 0.505 e. The Morgan fingerprint density at radius 2 is 1.42 bits per heavy atom. The topological polar surface area (TPSA) is 117 Å². The standard InChI is InChI=1S/C25H15N3O5/c29-22-18-19(23(30)21-20(22)26-9-10-27-21)25(32)28(24(18)31)12-13-5-7-14(8-6-13)17-11-15-3-1-2-4-16(15)33-17/h1-11,29-30H,12H2. The Bertz CT molecular complexity index is 1510. The van der Waals surface area contributed by atoms with E-state index >= 15 is 0 Å². The van der Waals surface area contributed by atoms with Crippen molar-refractivity contribution in [1.29, 1.82) is 0 Å². The number of hydrogen-bond acceptors (Lipinski definition) is 7. The fourth-order valence-electron chi connectivity index (χ4n) is 4.16. The molecule has 0 spiro atoms. The van der Waals surface area contributed by atoms with Gasteiger partial charge in [0, 0.05) is 23.3 Å². The van der Waals surface area contributed by atoms with Gasteiger partial charge in [-0.15, -0.1) is 0 Å². The van der Waals surface area contributed by atoms with Gasteiger partial charge in [-0.25, -0.2) is 9.97 Å².